The lowest BCUT2D eigenvalue weighted by Crippen LogP contribution is -2.23. The minimum atomic E-state index is -0.259. The SMILES string of the molecule is CC1COc2c(-c3cccc(C(=O)Nc4cnn(CC5CCC5)c4)n3)cnn2C1. The predicted molar refractivity (Wildman–Crippen MR) is 108 cm³/mol. The molecule has 1 unspecified atom stereocenters. The number of carbonyl (C=O) groups excluding carboxylic acids is 1. The Hall–Kier alpha value is -3.16. The van der Waals surface area contributed by atoms with Gasteiger partial charge in [-0.2, -0.15) is 10.2 Å². The van der Waals surface area contributed by atoms with E-state index in [1.54, 1.807) is 18.5 Å². The summed E-state index contributed by atoms with van der Waals surface area (Å²) in [5.74, 6) is 1.59. The van der Waals surface area contributed by atoms with Gasteiger partial charge in [-0.25, -0.2) is 9.67 Å². The number of ether oxygens (including phenoxy) is 1. The molecule has 1 aliphatic heterocycles. The molecular formula is C21H24N6O2. The van der Waals surface area contributed by atoms with Crippen molar-refractivity contribution in [2.24, 2.45) is 11.8 Å². The lowest BCUT2D eigenvalue weighted by Gasteiger charge is -2.24. The summed E-state index contributed by atoms with van der Waals surface area (Å²) >= 11 is 0. The second kappa shape index (κ2) is 7.35. The van der Waals surface area contributed by atoms with Gasteiger partial charge >= 0.3 is 0 Å². The van der Waals surface area contributed by atoms with Crippen LogP contribution in [0.25, 0.3) is 11.3 Å². The highest BCUT2D eigenvalue weighted by atomic mass is 16.5. The van der Waals surface area contributed by atoms with Gasteiger partial charge in [-0.05, 0) is 30.9 Å². The third kappa shape index (κ3) is 3.62. The van der Waals surface area contributed by atoms with Crippen LogP contribution < -0.4 is 10.1 Å². The smallest absolute Gasteiger partial charge is 0.274 e. The molecule has 1 aliphatic carbocycles. The molecule has 2 aliphatic rings. The molecule has 3 aromatic heterocycles. The van der Waals surface area contributed by atoms with E-state index in [1.165, 1.54) is 19.3 Å². The van der Waals surface area contributed by atoms with Gasteiger partial charge in [0.15, 0.2) is 0 Å². The Balaban J connectivity index is 1.31. The van der Waals surface area contributed by atoms with E-state index >= 15 is 0 Å². The van der Waals surface area contributed by atoms with Crippen LogP contribution in [0.1, 0.15) is 36.7 Å². The van der Waals surface area contributed by atoms with Crippen molar-refractivity contribution in [2.45, 2.75) is 39.3 Å². The van der Waals surface area contributed by atoms with Crippen LogP contribution in [0, 0.1) is 11.8 Å². The first-order valence-electron chi connectivity index (χ1n) is 10.2. The van der Waals surface area contributed by atoms with Crippen molar-refractivity contribution in [1.29, 1.82) is 0 Å². The fraction of sp³-hybridized carbons (Fsp3) is 0.429. The number of hydrogen-bond acceptors (Lipinski definition) is 5. The standard InChI is InChI=1S/C21H24N6O2/c1-14-10-27-21(29-13-14)17(9-23-27)18-6-3-7-19(25-18)20(28)24-16-8-22-26(12-16)11-15-4-2-5-15/h3,6-9,12,14-15H,2,4-5,10-11,13H2,1H3,(H,24,28). The molecule has 3 aromatic rings. The predicted octanol–water partition coefficient (Wildman–Crippen LogP) is 3.22. The molecule has 1 amide bonds. The summed E-state index contributed by atoms with van der Waals surface area (Å²) in [6, 6.07) is 5.40. The van der Waals surface area contributed by atoms with Crippen molar-refractivity contribution < 1.29 is 9.53 Å². The normalized spacial score (nSPS) is 18.6. The number of carbonyl (C=O) groups is 1. The molecule has 1 atom stereocenters. The number of pyridine rings is 1. The molecule has 0 radical (unpaired) electrons. The number of aromatic nitrogens is 5. The Morgan fingerprint density at radius 2 is 2.17 bits per heavy atom. The highest BCUT2D eigenvalue weighted by Crippen LogP contribution is 2.32. The third-order valence-corrected chi connectivity index (χ3v) is 5.60. The molecule has 4 heterocycles. The van der Waals surface area contributed by atoms with Gasteiger partial charge in [0.25, 0.3) is 5.91 Å². The fourth-order valence-corrected chi connectivity index (χ4v) is 3.78. The van der Waals surface area contributed by atoms with Gasteiger partial charge in [0.05, 0.1) is 42.5 Å². The lowest BCUT2D eigenvalue weighted by atomic mass is 9.85. The largest absolute Gasteiger partial charge is 0.477 e. The molecule has 29 heavy (non-hydrogen) atoms. The maximum Gasteiger partial charge on any atom is 0.274 e. The molecule has 1 N–H and O–H groups in total. The highest BCUT2D eigenvalue weighted by Gasteiger charge is 2.23. The van der Waals surface area contributed by atoms with E-state index in [1.807, 2.05) is 27.7 Å². The van der Waals surface area contributed by atoms with E-state index in [9.17, 15) is 4.79 Å². The molecular weight excluding hydrogens is 368 g/mol. The third-order valence-electron chi connectivity index (χ3n) is 5.60. The van der Waals surface area contributed by atoms with Crippen molar-refractivity contribution in [3.63, 3.8) is 0 Å². The second-order valence-corrected chi connectivity index (χ2v) is 8.07. The summed E-state index contributed by atoms with van der Waals surface area (Å²) in [5, 5.41) is 11.6. The van der Waals surface area contributed by atoms with E-state index in [2.05, 4.69) is 27.4 Å². The molecule has 8 heteroatoms. The number of nitrogens with one attached hydrogen (secondary N) is 1. The lowest BCUT2D eigenvalue weighted by molar-refractivity contribution is 0.102. The second-order valence-electron chi connectivity index (χ2n) is 8.07. The Morgan fingerprint density at radius 1 is 1.28 bits per heavy atom. The van der Waals surface area contributed by atoms with Crippen LogP contribution in [-0.4, -0.2) is 37.1 Å². The van der Waals surface area contributed by atoms with Crippen molar-refractivity contribution >= 4 is 11.6 Å². The van der Waals surface area contributed by atoms with Gasteiger partial charge in [0.2, 0.25) is 5.88 Å². The molecule has 1 saturated carbocycles. The summed E-state index contributed by atoms with van der Waals surface area (Å²) in [7, 11) is 0. The van der Waals surface area contributed by atoms with E-state index in [0.29, 0.717) is 41.4 Å². The van der Waals surface area contributed by atoms with Gasteiger partial charge in [0.1, 0.15) is 5.69 Å². The van der Waals surface area contributed by atoms with Crippen molar-refractivity contribution in [3.05, 3.63) is 42.5 Å². The number of rotatable bonds is 5. The topological polar surface area (TPSA) is 86.9 Å². The summed E-state index contributed by atoms with van der Waals surface area (Å²) in [6.07, 6.45) is 9.15. The maximum absolute atomic E-state index is 12.7. The first-order valence-corrected chi connectivity index (χ1v) is 10.2. The summed E-state index contributed by atoms with van der Waals surface area (Å²) in [5.41, 5.74) is 2.51. The Kier molecular flexibility index (Phi) is 4.54. The Bertz CT molecular complexity index is 1040. The zero-order valence-corrected chi connectivity index (χ0v) is 16.4. The van der Waals surface area contributed by atoms with Crippen LogP contribution in [0.2, 0.25) is 0 Å². The van der Waals surface area contributed by atoms with Crippen LogP contribution in [-0.2, 0) is 13.1 Å². The van der Waals surface area contributed by atoms with Gasteiger partial charge < -0.3 is 10.1 Å². The van der Waals surface area contributed by atoms with Crippen LogP contribution in [0.4, 0.5) is 5.69 Å². The summed E-state index contributed by atoms with van der Waals surface area (Å²) in [6.45, 7) is 4.51. The van der Waals surface area contributed by atoms with Crippen molar-refractivity contribution in [3.8, 4) is 17.1 Å². The number of anilines is 1. The minimum absolute atomic E-state index is 0.259. The monoisotopic (exact) mass is 392 g/mol. The van der Waals surface area contributed by atoms with Gasteiger partial charge in [-0.15, -0.1) is 0 Å². The van der Waals surface area contributed by atoms with E-state index in [-0.39, 0.29) is 5.91 Å². The summed E-state index contributed by atoms with van der Waals surface area (Å²) in [4.78, 5) is 17.2. The average Bonchev–Trinajstić information content (AvgIpc) is 3.31. The first-order chi connectivity index (χ1) is 14.2. The molecule has 0 saturated heterocycles. The average molecular weight is 392 g/mol. The Morgan fingerprint density at radius 3 is 3.00 bits per heavy atom. The van der Waals surface area contributed by atoms with E-state index < -0.39 is 0 Å². The van der Waals surface area contributed by atoms with Crippen molar-refractivity contribution in [1.82, 2.24) is 24.5 Å². The maximum atomic E-state index is 12.7. The molecule has 0 aromatic carbocycles. The molecule has 0 bridgehead atoms. The molecule has 0 spiro atoms. The molecule has 5 rings (SSSR count). The van der Waals surface area contributed by atoms with E-state index in [0.717, 1.165) is 18.7 Å². The van der Waals surface area contributed by atoms with Crippen LogP contribution in [0.5, 0.6) is 5.88 Å². The first kappa shape index (κ1) is 17.9. The van der Waals surface area contributed by atoms with Gasteiger partial charge in [-0.3, -0.25) is 9.48 Å². The van der Waals surface area contributed by atoms with Gasteiger partial charge in [0, 0.05) is 18.7 Å². The quantitative estimate of drug-likeness (QED) is 0.720. The zero-order chi connectivity index (χ0) is 19.8. The number of nitrogens with zero attached hydrogens (tertiary/aromatic N) is 5. The Labute approximate surface area is 168 Å². The highest BCUT2D eigenvalue weighted by molar-refractivity contribution is 6.03. The molecule has 1 fully saturated rings. The number of hydrogen-bond donors (Lipinski definition) is 1. The van der Waals surface area contributed by atoms with E-state index in [4.69, 9.17) is 4.74 Å². The van der Waals surface area contributed by atoms with Crippen LogP contribution >= 0.6 is 0 Å². The summed E-state index contributed by atoms with van der Waals surface area (Å²) < 4.78 is 9.61. The van der Waals surface area contributed by atoms with Crippen LogP contribution in [0.15, 0.2) is 36.8 Å². The molecule has 8 nitrogen and oxygen atoms in total. The fourth-order valence-electron chi connectivity index (χ4n) is 3.78. The molecule has 150 valence electrons. The van der Waals surface area contributed by atoms with Gasteiger partial charge in [-0.1, -0.05) is 19.4 Å². The zero-order valence-electron chi connectivity index (χ0n) is 16.4. The van der Waals surface area contributed by atoms with Crippen molar-refractivity contribution in [2.75, 3.05) is 11.9 Å². The minimum Gasteiger partial charge on any atom is -0.477 e. The number of fused-ring (bicyclic) bond motifs is 1. The van der Waals surface area contributed by atoms with Crippen LogP contribution in [0.3, 0.4) is 0 Å². The number of amides is 1.